The number of carbonyl (C=O) groups is 1. The predicted molar refractivity (Wildman–Crippen MR) is 95.6 cm³/mol. The minimum atomic E-state index is -4.47. The first-order valence-corrected chi connectivity index (χ1v) is 8.42. The Morgan fingerprint density at radius 1 is 1.14 bits per heavy atom. The Labute approximate surface area is 157 Å². The summed E-state index contributed by atoms with van der Waals surface area (Å²) in [6, 6.07) is 11.3. The average Bonchev–Trinajstić information content (AvgIpc) is 3.34. The molecule has 4 rings (SSSR count). The maximum atomic E-state index is 12.9. The zero-order valence-corrected chi connectivity index (χ0v) is 14.6. The van der Waals surface area contributed by atoms with Crippen LogP contribution in [0, 0.1) is 0 Å². The highest BCUT2D eigenvalue weighted by atomic mass is 19.4. The van der Waals surface area contributed by atoms with Crippen molar-refractivity contribution in [2.45, 2.75) is 19.1 Å². The molecule has 0 saturated carbocycles. The van der Waals surface area contributed by atoms with Crippen molar-refractivity contribution >= 4 is 16.7 Å². The van der Waals surface area contributed by atoms with Crippen molar-refractivity contribution in [3.63, 3.8) is 0 Å². The molecule has 2 aromatic carbocycles. The SMILES string of the molecule is C[C@H](C(=O)c1c[nH]c2ccccc12)n1nnc(-c2cccc(C(F)(F)F)c2)n1. The molecular weight excluding hydrogens is 371 g/mol. The Hall–Kier alpha value is -3.49. The molecule has 6 nitrogen and oxygen atoms in total. The van der Waals surface area contributed by atoms with Crippen molar-refractivity contribution in [3.8, 4) is 11.4 Å². The number of benzene rings is 2. The Morgan fingerprint density at radius 2 is 1.93 bits per heavy atom. The van der Waals surface area contributed by atoms with Gasteiger partial charge in [0.05, 0.1) is 5.56 Å². The van der Waals surface area contributed by atoms with Crippen molar-refractivity contribution in [1.29, 1.82) is 0 Å². The summed E-state index contributed by atoms with van der Waals surface area (Å²) in [7, 11) is 0. The Kier molecular flexibility index (Phi) is 4.21. The first-order chi connectivity index (χ1) is 13.3. The second kappa shape index (κ2) is 6.59. The summed E-state index contributed by atoms with van der Waals surface area (Å²) in [6.45, 7) is 1.61. The average molecular weight is 385 g/mol. The lowest BCUT2D eigenvalue weighted by atomic mass is 10.1. The molecule has 0 aliphatic heterocycles. The van der Waals surface area contributed by atoms with Crippen LogP contribution in [-0.4, -0.2) is 31.0 Å². The lowest BCUT2D eigenvalue weighted by Gasteiger charge is -2.08. The monoisotopic (exact) mass is 385 g/mol. The van der Waals surface area contributed by atoms with Crippen molar-refractivity contribution in [1.82, 2.24) is 25.2 Å². The summed E-state index contributed by atoms with van der Waals surface area (Å²) in [4.78, 5) is 17.0. The minimum Gasteiger partial charge on any atom is -0.360 e. The summed E-state index contributed by atoms with van der Waals surface area (Å²) in [6.07, 6.45) is -2.85. The molecule has 0 amide bonds. The van der Waals surface area contributed by atoms with E-state index in [0.29, 0.717) is 5.56 Å². The maximum Gasteiger partial charge on any atom is 0.416 e. The Balaban J connectivity index is 1.63. The normalized spacial score (nSPS) is 13.0. The highest BCUT2D eigenvalue weighted by molar-refractivity contribution is 6.09. The molecule has 4 aromatic rings. The number of tetrazole rings is 1. The zero-order chi connectivity index (χ0) is 19.9. The number of nitrogens with one attached hydrogen (secondary N) is 1. The van der Waals surface area contributed by atoms with E-state index in [1.165, 1.54) is 12.1 Å². The van der Waals surface area contributed by atoms with Gasteiger partial charge in [0.1, 0.15) is 6.04 Å². The van der Waals surface area contributed by atoms with Crippen LogP contribution in [0.1, 0.15) is 28.9 Å². The molecule has 0 saturated heterocycles. The minimum absolute atomic E-state index is 0.0182. The second-order valence-electron chi connectivity index (χ2n) is 6.30. The molecule has 0 radical (unpaired) electrons. The number of para-hydroxylation sites is 1. The third-order valence-electron chi connectivity index (χ3n) is 4.46. The van der Waals surface area contributed by atoms with Crippen LogP contribution in [0.25, 0.3) is 22.3 Å². The van der Waals surface area contributed by atoms with E-state index in [9.17, 15) is 18.0 Å². The molecule has 9 heteroatoms. The van der Waals surface area contributed by atoms with Crippen molar-refractivity contribution in [2.75, 3.05) is 0 Å². The summed E-state index contributed by atoms with van der Waals surface area (Å²) >= 11 is 0. The summed E-state index contributed by atoms with van der Waals surface area (Å²) in [5.41, 5.74) is 0.687. The van der Waals surface area contributed by atoms with Crippen molar-refractivity contribution in [3.05, 3.63) is 65.9 Å². The number of hydrogen-bond acceptors (Lipinski definition) is 4. The fraction of sp³-hybridized carbons (Fsp3) is 0.158. The number of alkyl halides is 3. The second-order valence-corrected chi connectivity index (χ2v) is 6.30. The van der Waals surface area contributed by atoms with E-state index < -0.39 is 17.8 Å². The number of ketones is 1. The van der Waals surface area contributed by atoms with E-state index in [-0.39, 0.29) is 17.2 Å². The van der Waals surface area contributed by atoms with E-state index in [1.54, 1.807) is 13.1 Å². The fourth-order valence-electron chi connectivity index (χ4n) is 2.94. The van der Waals surface area contributed by atoms with Crippen LogP contribution < -0.4 is 0 Å². The van der Waals surface area contributed by atoms with Crippen LogP contribution in [0.5, 0.6) is 0 Å². The molecule has 142 valence electrons. The molecule has 2 aromatic heterocycles. The number of hydrogen-bond donors (Lipinski definition) is 1. The number of H-pyrrole nitrogens is 1. The highest BCUT2D eigenvalue weighted by Gasteiger charge is 2.31. The Bertz CT molecular complexity index is 1160. The number of rotatable bonds is 4. The zero-order valence-electron chi connectivity index (χ0n) is 14.6. The molecular formula is C19H14F3N5O. The molecule has 28 heavy (non-hydrogen) atoms. The molecule has 0 spiro atoms. The number of nitrogens with zero attached hydrogens (tertiary/aromatic N) is 4. The van der Waals surface area contributed by atoms with Crippen molar-refractivity contribution in [2.24, 2.45) is 0 Å². The van der Waals surface area contributed by atoms with E-state index in [4.69, 9.17) is 0 Å². The largest absolute Gasteiger partial charge is 0.416 e. The van der Waals surface area contributed by atoms with Gasteiger partial charge in [-0.25, -0.2) is 0 Å². The van der Waals surface area contributed by atoms with Gasteiger partial charge < -0.3 is 4.98 Å². The highest BCUT2D eigenvalue weighted by Crippen LogP contribution is 2.31. The van der Waals surface area contributed by atoms with Gasteiger partial charge in [0.25, 0.3) is 0 Å². The number of halogens is 3. The lowest BCUT2D eigenvalue weighted by molar-refractivity contribution is -0.137. The van der Waals surface area contributed by atoms with Gasteiger partial charge >= 0.3 is 6.18 Å². The van der Waals surface area contributed by atoms with Crippen LogP contribution >= 0.6 is 0 Å². The molecule has 0 aliphatic rings. The predicted octanol–water partition coefficient (Wildman–Crippen LogP) is 4.28. The molecule has 0 bridgehead atoms. The lowest BCUT2D eigenvalue weighted by Crippen LogP contribution is -2.19. The summed E-state index contributed by atoms with van der Waals surface area (Å²) in [5.74, 6) is -0.213. The van der Waals surface area contributed by atoms with Crippen LogP contribution in [-0.2, 0) is 6.18 Å². The van der Waals surface area contributed by atoms with Gasteiger partial charge in [-0.2, -0.15) is 18.0 Å². The van der Waals surface area contributed by atoms with Crippen LogP contribution in [0.3, 0.4) is 0 Å². The number of aromatic nitrogens is 5. The number of Topliss-reactive ketones (excluding diaryl/α,β-unsaturated/α-hetero) is 1. The summed E-state index contributed by atoms with van der Waals surface area (Å²) in [5, 5.41) is 12.6. The maximum absolute atomic E-state index is 12.9. The summed E-state index contributed by atoms with van der Waals surface area (Å²) < 4.78 is 38.7. The van der Waals surface area contributed by atoms with E-state index in [2.05, 4.69) is 20.4 Å². The molecule has 1 atom stereocenters. The van der Waals surface area contributed by atoms with E-state index >= 15 is 0 Å². The number of fused-ring (bicyclic) bond motifs is 1. The number of aromatic amines is 1. The van der Waals surface area contributed by atoms with Gasteiger partial charge in [0.15, 0.2) is 5.78 Å². The van der Waals surface area contributed by atoms with E-state index in [0.717, 1.165) is 27.8 Å². The quantitative estimate of drug-likeness (QED) is 0.532. The molecule has 2 heterocycles. The van der Waals surface area contributed by atoms with Gasteiger partial charge in [-0.15, -0.1) is 10.2 Å². The molecule has 0 aliphatic carbocycles. The standard InChI is InChI=1S/C19H14F3N5O/c1-11(17(28)15-10-23-16-8-3-2-7-14(15)16)27-25-18(24-26-27)12-5-4-6-13(9-12)19(20,21)22/h2-11,23H,1H3/t11-/m1/s1. The van der Waals surface area contributed by atoms with Crippen LogP contribution in [0.15, 0.2) is 54.7 Å². The molecule has 0 fully saturated rings. The van der Waals surface area contributed by atoms with Gasteiger partial charge in [-0.05, 0) is 30.3 Å². The van der Waals surface area contributed by atoms with Crippen LogP contribution in [0.2, 0.25) is 0 Å². The molecule has 1 N–H and O–H groups in total. The van der Waals surface area contributed by atoms with Gasteiger partial charge in [0.2, 0.25) is 5.82 Å². The first kappa shape index (κ1) is 17.9. The van der Waals surface area contributed by atoms with Crippen molar-refractivity contribution < 1.29 is 18.0 Å². The van der Waals surface area contributed by atoms with Crippen LogP contribution in [0.4, 0.5) is 13.2 Å². The third-order valence-corrected chi connectivity index (χ3v) is 4.46. The first-order valence-electron chi connectivity index (χ1n) is 8.42. The van der Waals surface area contributed by atoms with E-state index in [1.807, 2.05) is 24.3 Å². The van der Waals surface area contributed by atoms with Gasteiger partial charge in [0, 0.05) is 28.2 Å². The fourth-order valence-corrected chi connectivity index (χ4v) is 2.94. The van der Waals surface area contributed by atoms with Gasteiger partial charge in [-0.1, -0.05) is 30.3 Å². The topological polar surface area (TPSA) is 76.5 Å². The molecule has 0 unspecified atom stereocenters. The Morgan fingerprint density at radius 3 is 2.71 bits per heavy atom. The smallest absolute Gasteiger partial charge is 0.360 e. The third kappa shape index (κ3) is 3.15. The van der Waals surface area contributed by atoms with Gasteiger partial charge in [-0.3, -0.25) is 4.79 Å². The number of carbonyl (C=O) groups excluding carboxylic acids is 1.